The summed E-state index contributed by atoms with van der Waals surface area (Å²) in [6.45, 7) is 4.41. The van der Waals surface area contributed by atoms with Crippen molar-refractivity contribution in [2.75, 3.05) is 59.3 Å². The van der Waals surface area contributed by atoms with Crippen LogP contribution >= 0.6 is 0 Å². The van der Waals surface area contributed by atoms with Crippen LogP contribution in [-0.4, -0.2) is 86.1 Å². The number of rotatable bonds is 5. The Hall–Kier alpha value is -3.15. The van der Waals surface area contributed by atoms with Crippen LogP contribution in [0.2, 0.25) is 0 Å². The lowest BCUT2D eigenvalue weighted by molar-refractivity contribution is -0.385. The molecule has 0 saturated carbocycles. The molecule has 204 valence electrons. The monoisotopic (exact) mass is 518 g/mol. The molecule has 2 heterocycles. The molecule has 2 atom stereocenters. The molecule has 10 nitrogen and oxygen atoms in total. The van der Waals surface area contributed by atoms with E-state index in [2.05, 4.69) is 48.2 Å². The van der Waals surface area contributed by atoms with Crippen molar-refractivity contribution in [3.63, 3.8) is 0 Å². The van der Waals surface area contributed by atoms with Gasteiger partial charge in [-0.2, -0.15) is 0 Å². The number of hydrogen-bond donors (Lipinski definition) is 1. The maximum Gasteiger partial charge on any atom is 0.269 e. The zero-order valence-corrected chi connectivity index (χ0v) is 22.2. The Morgan fingerprint density at radius 1 is 0.838 bits per heavy atom. The second kappa shape index (κ2) is 15.2. The molecule has 2 aliphatic rings. The molecule has 1 N–H and O–H groups in total. The fourth-order valence-electron chi connectivity index (χ4n) is 4.23. The molecule has 2 aliphatic heterocycles. The summed E-state index contributed by atoms with van der Waals surface area (Å²) in [5, 5.41) is 24.0. The van der Waals surface area contributed by atoms with Crippen molar-refractivity contribution in [1.82, 2.24) is 15.1 Å². The number of likely N-dealkylation sites (N-methyl/N-ethyl adjacent to an activating group) is 2. The van der Waals surface area contributed by atoms with Crippen LogP contribution in [0.3, 0.4) is 0 Å². The number of anilines is 1. The molecule has 4 rings (SSSR count). The highest BCUT2D eigenvalue weighted by atomic mass is 19.1. The van der Waals surface area contributed by atoms with Crippen molar-refractivity contribution in [3.05, 3.63) is 74.6 Å². The molecule has 2 saturated heterocycles. The predicted molar refractivity (Wildman–Crippen MR) is 145 cm³/mol. The summed E-state index contributed by atoms with van der Waals surface area (Å²) in [7, 11) is 8.50. The first-order chi connectivity index (χ1) is 17.6. The first-order valence-electron chi connectivity index (χ1n) is 12.5. The lowest BCUT2D eigenvalue weighted by Crippen LogP contribution is -2.45. The Labute approximate surface area is 218 Å². The van der Waals surface area contributed by atoms with Crippen LogP contribution < -0.4 is 10.2 Å². The summed E-state index contributed by atoms with van der Waals surface area (Å²) >= 11 is 0. The van der Waals surface area contributed by atoms with Crippen LogP contribution in [0.25, 0.3) is 0 Å². The SMILES string of the molecule is CN(C)C1CCCN(c2ccc([N+](=O)[O-])cc2)C1.CN(C)C1CCCNC1.O=[N+]([O-])c1ccc(F)cc1. The van der Waals surface area contributed by atoms with E-state index in [-0.39, 0.29) is 16.3 Å². The highest BCUT2D eigenvalue weighted by molar-refractivity contribution is 5.51. The molecule has 2 aromatic rings. The van der Waals surface area contributed by atoms with Gasteiger partial charge in [0.2, 0.25) is 0 Å². The number of non-ortho nitro benzene ring substituents is 2. The molecule has 11 heteroatoms. The van der Waals surface area contributed by atoms with Gasteiger partial charge in [0.1, 0.15) is 5.82 Å². The third-order valence-electron chi connectivity index (χ3n) is 6.59. The van der Waals surface area contributed by atoms with E-state index in [0.29, 0.717) is 6.04 Å². The summed E-state index contributed by atoms with van der Waals surface area (Å²) < 4.78 is 12.1. The quantitative estimate of drug-likeness (QED) is 0.464. The largest absolute Gasteiger partial charge is 0.370 e. The average Bonchev–Trinajstić information content (AvgIpc) is 2.90. The normalized spacial score (nSPS) is 19.4. The van der Waals surface area contributed by atoms with Gasteiger partial charge in [-0.3, -0.25) is 20.2 Å². The smallest absolute Gasteiger partial charge is 0.269 e. The molecule has 37 heavy (non-hydrogen) atoms. The van der Waals surface area contributed by atoms with E-state index in [1.807, 2.05) is 12.1 Å². The Kier molecular flexibility index (Phi) is 12.3. The Balaban J connectivity index is 0.000000214. The van der Waals surface area contributed by atoms with Crippen LogP contribution in [0.15, 0.2) is 48.5 Å². The molecular formula is C26H39FN6O4. The topological polar surface area (TPSA) is 108 Å². The second-order valence-electron chi connectivity index (χ2n) is 9.68. The zero-order valence-electron chi connectivity index (χ0n) is 22.2. The Bertz CT molecular complexity index is 966. The summed E-state index contributed by atoms with van der Waals surface area (Å²) in [5.41, 5.74) is 1.13. The first kappa shape index (κ1) is 30.1. The van der Waals surface area contributed by atoms with E-state index in [1.54, 1.807) is 12.1 Å². The van der Waals surface area contributed by atoms with Gasteiger partial charge in [-0.15, -0.1) is 0 Å². The number of nitrogens with zero attached hydrogens (tertiary/aromatic N) is 5. The standard InChI is InChI=1S/C13H19N3O2.C7H16N2.C6H4FNO2/c1-14(2)13-4-3-9-15(10-13)11-5-7-12(8-6-11)16(17)18;1-9(2)7-4-3-5-8-6-7;7-5-1-3-6(4-2-5)8(9)10/h5-8,13H,3-4,9-10H2,1-2H3;7-8H,3-6H2,1-2H3;1-4H. The van der Waals surface area contributed by atoms with Crippen LogP contribution in [0.4, 0.5) is 21.5 Å². The van der Waals surface area contributed by atoms with Crippen LogP contribution in [0.1, 0.15) is 25.7 Å². The predicted octanol–water partition coefficient (Wildman–Crippen LogP) is 4.16. The lowest BCUT2D eigenvalue weighted by atomic mass is 10.0. The molecule has 0 spiro atoms. The molecule has 2 fully saturated rings. The molecular weight excluding hydrogens is 479 g/mol. The summed E-state index contributed by atoms with van der Waals surface area (Å²) in [5.74, 6) is -0.467. The Morgan fingerprint density at radius 2 is 1.35 bits per heavy atom. The van der Waals surface area contributed by atoms with Gasteiger partial charge in [0.05, 0.1) is 9.85 Å². The summed E-state index contributed by atoms with van der Waals surface area (Å²) in [6, 6.07) is 12.5. The maximum atomic E-state index is 12.1. The van der Waals surface area contributed by atoms with Crippen LogP contribution in [0.5, 0.6) is 0 Å². The molecule has 2 aromatic carbocycles. The van der Waals surface area contributed by atoms with Gasteiger partial charge < -0.3 is 20.0 Å². The minimum absolute atomic E-state index is 0.0959. The van der Waals surface area contributed by atoms with Crippen molar-refractivity contribution in [3.8, 4) is 0 Å². The molecule has 0 aromatic heterocycles. The summed E-state index contributed by atoms with van der Waals surface area (Å²) in [4.78, 5) is 26.5. The minimum atomic E-state index is -0.570. The number of nitrogens with one attached hydrogen (secondary N) is 1. The van der Waals surface area contributed by atoms with Gasteiger partial charge in [0, 0.05) is 61.7 Å². The second-order valence-corrected chi connectivity index (χ2v) is 9.68. The van der Waals surface area contributed by atoms with E-state index < -0.39 is 10.7 Å². The van der Waals surface area contributed by atoms with Crippen molar-refractivity contribution < 1.29 is 14.2 Å². The number of piperidine rings is 2. The van der Waals surface area contributed by atoms with Gasteiger partial charge in [0.25, 0.3) is 11.4 Å². The number of nitro benzene ring substituents is 2. The number of hydrogen-bond acceptors (Lipinski definition) is 8. The number of halogens is 1. The third kappa shape index (κ3) is 10.4. The minimum Gasteiger partial charge on any atom is -0.370 e. The highest BCUT2D eigenvalue weighted by Crippen LogP contribution is 2.24. The van der Waals surface area contributed by atoms with E-state index in [9.17, 15) is 24.6 Å². The fourth-order valence-corrected chi connectivity index (χ4v) is 4.23. The lowest BCUT2D eigenvalue weighted by Gasteiger charge is -2.37. The van der Waals surface area contributed by atoms with E-state index in [0.717, 1.165) is 49.1 Å². The van der Waals surface area contributed by atoms with Gasteiger partial charge in [-0.25, -0.2) is 4.39 Å². The van der Waals surface area contributed by atoms with Crippen molar-refractivity contribution in [2.24, 2.45) is 0 Å². The van der Waals surface area contributed by atoms with Crippen molar-refractivity contribution in [1.29, 1.82) is 0 Å². The average molecular weight is 519 g/mol. The third-order valence-corrected chi connectivity index (χ3v) is 6.59. The van der Waals surface area contributed by atoms with Gasteiger partial charge in [0.15, 0.2) is 0 Å². The Morgan fingerprint density at radius 3 is 1.78 bits per heavy atom. The molecule has 0 bridgehead atoms. The van der Waals surface area contributed by atoms with Gasteiger partial charge >= 0.3 is 0 Å². The van der Waals surface area contributed by atoms with Gasteiger partial charge in [-0.1, -0.05) is 0 Å². The van der Waals surface area contributed by atoms with Crippen LogP contribution in [-0.2, 0) is 0 Å². The van der Waals surface area contributed by atoms with E-state index >= 15 is 0 Å². The van der Waals surface area contributed by atoms with E-state index in [1.165, 1.54) is 38.8 Å². The first-order valence-corrected chi connectivity index (χ1v) is 12.5. The van der Waals surface area contributed by atoms with Crippen molar-refractivity contribution >= 4 is 17.1 Å². The molecule has 0 aliphatic carbocycles. The van der Waals surface area contributed by atoms with Gasteiger partial charge in [-0.05, 0) is 84.7 Å². The maximum absolute atomic E-state index is 12.1. The zero-order chi connectivity index (χ0) is 27.4. The van der Waals surface area contributed by atoms with Crippen LogP contribution in [0, 0.1) is 26.0 Å². The molecule has 0 amide bonds. The highest BCUT2D eigenvalue weighted by Gasteiger charge is 2.21. The fraction of sp³-hybridized carbons (Fsp3) is 0.538. The molecule has 0 radical (unpaired) electrons. The summed E-state index contributed by atoms with van der Waals surface area (Å²) in [6.07, 6.45) is 5.08. The van der Waals surface area contributed by atoms with E-state index in [4.69, 9.17) is 0 Å². The molecule has 2 unspecified atom stereocenters. The van der Waals surface area contributed by atoms with Crippen molar-refractivity contribution in [2.45, 2.75) is 37.8 Å². The number of nitro groups is 2. The number of benzene rings is 2.